The topological polar surface area (TPSA) is 92.8 Å². The zero-order valence-electron chi connectivity index (χ0n) is 14.7. The summed E-state index contributed by atoms with van der Waals surface area (Å²) in [4.78, 5) is 30.2. The van der Waals surface area contributed by atoms with Gasteiger partial charge in [0, 0.05) is 51.3 Å². The van der Waals surface area contributed by atoms with Gasteiger partial charge < -0.3 is 19.8 Å². The van der Waals surface area contributed by atoms with E-state index < -0.39 is 0 Å². The molecule has 8 nitrogen and oxygen atoms in total. The minimum atomic E-state index is -0.324. The molecule has 138 valence electrons. The first-order chi connectivity index (χ1) is 12.1. The predicted octanol–water partition coefficient (Wildman–Crippen LogP) is -0.912. The Morgan fingerprint density at radius 2 is 2.04 bits per heavy atom. The molecule has 1 aromatic rings. The van der Waals surface area contributed by atoms with Gasteiger partial charge in [0.05, 0.1) is 0 Å². The van der Waals surface area contributed by atoms with E-state index in [0.29, 0.717) is 13.1 Å². The molecule has 0 saturated carbocycles. The third-order valence-corrected chi connectivity index (χ3v) is 5.30. The normalized spacial score (nSPS) is 25.9. The van der Waals surface area contributed by atoms with Crippen LogP contribution in [0.1, 0.15) is 16.9 Å². The number of rotatable bonds is 4. The highest BCUT2D eigenvalue weighted by Gasteiger charge is 2.36. The van der Waals surface area contributed by atoms with Crippen LogP contribution >= 0.6 is 0 Å². The van der Waals surface area contributed by atoms with Crippen molar-refractivity contribution in [2.75, 3.05) is 59.5 Å². The van der Waals surface area contributed by atoms with Crippen LogP contribution in [0.3, 0.4) is 0 Å². The second kappa shape index (κ2) is 8.07. The van der Waals surface area contributed by atoms with E-state index in [-0.39, 0.29) is 35.6 Å². The van der Waals surface area contributed by atoms with Crippen molar-refractivity contribution in [1.29, 1.82) is 0 Å². The Morgan fingerprint density at radius 3 is 2.76 bits per heavy atom. The molecule has 0 radical (unpaired) electrons. The molecule has 2 aliphatic rings. The summed E-state index contributed by atoms with van der Waals surface area (Å²) >= 11 is 0. The standard InChI is InChI=1S/C17H27N5O3/c1-20-5-2-6-21(8-7-20)9-13-10-22(11-14(13)12-23)17(25)15-3-4-16(24)19-18-15/h3-4,13-14,23H,2,5-12H2,1H3,(H,19,24). The van der Waals surface area contributed by atoms with Crippen LogP contribution in [-0.4, -0.2) is 95.4 Å². The largest absolute Gasteiger partial charge is 0.396 e. The Bertz CT molecular complexity index is 629. The molecule has 0 aliphatic carbocycles. The maximum absolute atomic E-state index is 12.6. The second-order valence-electron chi connectivity index (χ2n) is 7.18. The van der Waals surface area contributed by atoms with Gasteiger partial charge in [-0.3, -0.25) is 9.59 Å². The minimum absolute atomic E-state index is 0.0846. The summed E-state index contributed by atoms with van der Waals surface area (Å²) in [5.41, 5.74) is -0.0800. The summed E-state index contributed by atoms with van der Waals surface area (Å²) in [7, 11) is 2.15. The summed E-state index contributed by atoms with van der Waals surface area (Å²) < 4.78 is 0. The van der Waals surface area contributed by atoms with Crippen LogP contribution in [0, 0.1) is 11.8 Å². The van der Waals surface area contributed by atoms with E-state index in [2.05, 4.69) is 27.0 Å². The van der Waals surface area contributed by atoms with E-state index in [1.807, 2.05) is 0 Å². The van der Waals surface area contributed by atoms with Crippen molar-refractivity contribution in [3.63, 3.8) is 0 Å². The highest BCUT2D eigenvalue weighted by Crippen LogP contribution is 2.25. The molecule has 0 bridgehead atoms. The van der Waals surface area contributed by atoms with E-state index in [0.717, 1.165) is 39.1 Å². The molecular formula is C17H27N5O3. The Balaban J connectivity index is 1.62. The van der Waals surface area contributed by atoms with Gasteiger partial charge in [0.25, 0.3) is 11.5 Å². The summed E-state index contributed by atoms with van der Waals surface area (Å²) in [5, 5.41) is 15.9. The molecule has 3 heterocycles. The van der Waals surface area contributed by atoms with Crippen molar-refractivity contribution in [3.05, 3.63) is 28.2 Å². The molecule has 8 heteroatoms. The van der Waals surface area contributed by atoms with E-state index in [1.54, 1.807) is 4.90 Å². The molecule has 3 rings (SSSR count). The van der Waals surface area contributed by atoms with Crippen LogP contribution in [0.15, 0.2) is 16.9 Å². The van der Waals surface area contributed by atoms with Gasteiger partial charge in [-0.05, 0) is 38.5 Å². The number of amides is 1. The molecule has 0 spiro atoms. The molecule has 1 amide bonds. The highest BCUT2D eigenvalue weighted by atomic mass is 16.3. The molecular weight excluding hydrogens is 322 g/mol. The minimum Gasteiger partial charge on any atom is -0.396 e. The Hall–Kier alpha value is -1.77. The lowest BCUT2D eigenvalue weighted by molar-refractivity contribution is 0.0772. The molecule has 2 unspecified atom stereocenters. The van der Waals surface area contributed by atoms with Crippen molar-refractivity contribution < 1.29 is 9.90 Å². The fraction of sp³-hybridized carbons (Fsp3) is 0.706. The van der Waals surface area contributed by atoms with Crippen LogP contribution < -0.4 is 5.56 Å². The molecule has 2 atom stereocenters. The molecule has 25 heavy (non-hydrogen) atoms. The van der Waals surface area contributed by atoms with Crippen molar-refractivity contribution in [1.82, 2.24) is 24.9 Å². The number of aliphatic hydroxyl groups excluding tert-OH is 1. The number of aromatic nitrogens is 2. The molecule has 2 fully saturated rings. The Labute approximate surface area is 147 Å². The van der Waals surface area contributed by atoms with E-state index in [4.69, 9.17) is 0 Å². The van der Waals surface area contributed by atoms with Crippen LogP contribution in [0.25, 0.3) is 0 Å². The first-order valence-corrected chi connectivity index (χ1v) is 8.93. The zero-order valence-corrected chi connectivity index (χ0v) is 14.7. The lowest BCUT2D eigenvalue weighted by Crippen LogP contribution is -2.36. The van der Waals surface area contributed by atoms with Gasteiger partial charge in [-0.1, -0.05) is 0 Å². The number of hydrogen-bond acceptors (Lipinski definition) is 6. The number of aliphatic hydroxyl groups is 1. The van der Waals surface area contributed by atoms with Crippen molar-refractivity contribution in [3.8, 4) is 0 Å². The third kappa shape index (κ3) is 4.45. The smallest absolute Gasteiger partial charge is 0.274 e. The number of hydrogen-bond donors (Lipinski definition) is 2. The summed E-state index contributed by atoms with van der Waals surface area (Å²) in [5.74, 6) is 0.167. The monoisotopic (exact) mass is 349 g/mol. The Kier molecular flexibility index (Phi) is 5.82. The summed E-state index contributed by atoms with van der Waals surface area (Å²) in [6.07, 6.45) is 1.15. The van der Waals surface area contributed by atoms with Crippen LogP contribution in [-0.2, 0) is 0 Å². The number of likely N-dealkylation sites (tertiary alicyclic amines) is 1. The van der Waals surface area contributed by atoms with Gasteiger partial charge in [0.1, 0.15) is 5.69 Å². The lowest BCUT2D eigenvalue weighted by atomic mass is 9.96. The van der Waals surface area contributed by atoms with Gasteiger partial charge in [-0.2, -0.15) is 5.10 Å². The van der Waals surface area contributed by atoms with Gasteiger partial charge in [-0.15, -0.1) is 0 Å². The SMILES string of the molecule is CN1CCCN(CC2CN(C(=O)c3ccc(=O)[nH]n3)CC2CO)CC1. The quantitative estimate of drug-likeness (QED) is 0.731. The molecule has 0 aromatic carbocycles. The molecule has 2 aliphatic heterocycles. The molecule has 2 N–H and O–H groups in total. The number of carbonyl (C=O) groups is 1. The molecule has 2 saturated heterocycles. The van der Waals surface area contributed by atoms with E-state index in [9.17, 15) is 14.7 Å². The maximum Gasteiger partial charge on any atom is 0.274 e. The zero-order chi connectivity index (χ0) is 17.8. The van der Waals surface area contributed by atoms with Gasteiger partial charge in [0.2, 0.25) is 0 Å². The summed E-state index contributed by atoms with van der Waals surface area (Å²) in [6, 6.07) is 2.76. The fourth-order valence-electron chi connectivity index (χ4n) is 3.76. The average molecular weight is 349 g/mol. The van der Waals surface area contributed by atoms with Gasteiger partial charge >= 0.3 is 0 Å². The first-order valence-electron chi connectivity index (χ1n) is 8.93. The van der Waals surface area contributed by atoms with E-state index >= 15 is 0 Å². The lowest BCUT2D eigenvalue weighted by Gasteiger charge is -2.26. The van der Waals surface area contributed by atoms with Gasteiger partial charge in [-0.25, -0.2) is 5.10 Å². The number of aromatic amines is 1. The molecule has 1 aromatic heterocycles. The first kappa shape index (κ1) is 18.0. The van der Waals surface area contributed by atoms with Gasteiger partial charge in [0.15, 0.2) is 0 Å². The number of nitrogens with one attached hydrogen (secondary N) is 1. The predicted molar refractivity (Wildman–Crippen MR) is 93.4 cm³/mol. The van der Waals surface area contributed by atoms with Crippen molar-refractivity contribution >= 4 is 5.91 Å². The van der Waals surface area contributed by atoms with E-state index in [1.165, 1.54) is 12.1 Å². The fourth-order valence-corrected chi connectivity index (χ4v) is 3.76. The van der Waals surface area contributed by atoms with Crippen LogP contribution in [0.4, 0.5) is 0 Å². The van der Waals surface area contributed by atoms with Crippen LogP contribution in [0.2, 0.25) is 0 Å². The average Bonchev–Trinajstić information content (AvgIpc) is 2.91. The third-order valence-electron chi connectivity index (χ3n) is 5.30. The van der Waals surface area contributed by atoms with Crippen LogP contribution in [0.5, 0.6) is 0 Å². The number of likely N-dealkylation sites (N-methyl/N-ethyl adjacent to an activating group) is 1. The van der Waals surface area contributed by atoms with Crippen molar-refractivity contribution in [2.45, 2.75) is 6.42 Å². The number of nitrogens with zero attached hydrogens (tertiary/aromatic N) is 4. The number of carbonyl (C=O) groups excluding carboxylic acids is 1. The maximum atomic E-state index is 12.6. The highest BCUT2D eigenvalue weighted by molar-refractivity contribution is 5.92. The number of H-pyrrole nitrogens is 1. The summed E-state index contributed by atoms with van der Waals surface area (Å²) in [6.45, 7) is 6.41. The second-order valence-corrected chi connectivity index (χ2v) is 7.18. The Morgan fingerprint density at radius 1 is 1.24 bits per heavy atom. The van der Waals surface area contributed by atoms with Crippen molar-refractivity contribution in [2.24, 2.45) is 11.8 Å².